The monoisotopic (exact) mass is 293 g/mol. The van der Waals surface area contributed by atoms with Gasteiger partial charge in [0, 0.05) is 19.3 Å². The molecule has 1 aliphatic rings. The fraction of sp³-hybridized carbons (Fsp3) is 0.333. The molecule has 1 atom stereocenters. The van der Waals surface area contributed by atoms with Crippen LogP contribution in [0.15, 0.2) is 48.7 Å². The normalized spacial score (nSPS) is 17.0. The van der Waals surface area contributed by atoms with Crippen LogP contribution in [0.25, 0.3) is 0 Å². The SMILES string of the molecule is N#Cc1ccc(N2CCC(C(O)c3ccccc3)CC2)nc1. The molecule has 1 N–H and O–H groups in total. The third-order valence-electron chi connectivity index (χ3n) is 4.33. The summed E-state index contributed by atoms with van der Waals surface area (Å²) in [5.74, 6) is 1.20. The summed E-state index contributed by atoms with van der Waals surface area (Å²) in [6.45, 7) is 1.76. The Hall–Kier alpha value is -2.38. The van der Waals surface area contributed by atoms with Gasteiger partial charge in [0.25, 0.3) is 0 Å². The Morgan fingerprint density at radius 2 is 1.86 bits per heavy atom. The second-order valence-electron chi connectivity index (χ2n) is 5.70. The predicted molar refractivity (Wildman–Crippen MR) is 85.3 cm³/mol. The van der Waals surface area contributed by atoms with E-state index in [0.717, 1.165) is 37.3 Å². The van der Waals surface area contributed by atoms with Gasteiger partial charge in [-0.3, -0.25) is 0 Å². The Bertz CT molecular complexity index is 640. The van der Waals surface area contributed by atoms with Gasteiger partial charge in [-0.2, -0.15) is 5.26 Å². The van der Waals surface area contributed by atoms with Crippen LogP contribution in [0.3, 0.4) is 0 Å². The van der Waals surface area contributed by atoms with Crippen LogP contribution < -0.4 is 4.90 Å². The number of pyridine rings is 1. The van der Waals surface area contributed by atoms with Gasteiger partial charge in [0.1, 0.15) is 11.9 Å². The number of aromatic nitrogens is 1. The molecule has 4 nitrogen and oxygen atoms in total. The molecule has 0 bridgehead atoms. The van der Waals surface area contributed by atoms with Gasteiger partial charge in [-0.25, -0.2) is 4.98 Å². The molecule has 0 radical (unpaired) electrons. The third-order valence-corrected chi connectivity index (χ3v) is 4.33. The lowest BCUT2D eigenvalue weighted by atomic mass is 9.87. The maximum atomic E-state index is 10.5. The van der Waals surface area contributed by atoms with Gasteiger partial charge in [-0.1, -0.05) is 30.3 Å². The lowest BCUT2D eigenvalue weighted by Gasteiger charge is -2.35. The lowest BCUT2D eigenvalue weighted by molar-refractivity contribution is 0.0929. The fourth-order valence-corrected chi connectivity index (χ4v) is 3.01. The first-order valence-corrected chi connectivity index (χ1v) is 7.62. The van der Waals surface area contributed by atoms with E-state index in [0.29, 0.717) is 5.56 Å². The van der Waals surface area contributed by atoms with Crippen LogP contribution in [-0.4, -0.2) is 23.2 Å². The zero-order valence-electron chi connectivity index (χ0n) is 12.4. The van der Waals surface area contributed by atoms with E-state index in [1.807, 2.05) is 36.4 Å². The number of nitriles is 1. The van der Waals surface area contributed by atoms with Crippen molar-refractivity contribution in [3.05, 3.63) is 59.8 Å². The highest BCUT2D eigenvalue weighted by atomic mass is 16.3. The molecule has 1 aromatic carbocycles. The molecule has 1 fully saturated rings. The molecule has 0 aliphatic carbocycles. The number of hydrogen-bond donors (Lipinski definition) is 1. The van der Waals surface area contributed by atoms with Crippen molar-refractivity contribution in [2.45, 2.75) is 18.9 Å². The van der Waals surface area contributed by atoms with E-state index in [1.165, 1.54) is 0 Å². The molecule has 1 aromatic heterocycles. The number of hydrogen-bond acceptors (Lipinski definition) is 4. The van der Waals surface area contributed by atoms with E-state index in [9.17, 15) is 5.11 Å². The molecule has 0 amide bonds. The van der Waals surface area contributed by atoms with Crippen LogP contribution >= 0.6 is 0 Å². The highest BCUT2D eigenvalue weighted by molar-refractivity contribution is 5.42. The van der Waals surface area contributed by atoms with Gasteiger partial charge in [0.05, 0.1) is 11.7 Å². The van der Waals surface area contributed by atoms with Crippen molar-refractivity contribution < 1.29 is 5.11 Å². The summed E-state index contributed by atoms with van der Waals surface area (Å²) in [4.78, 5) is 6.56. The van der Waals surface area contributed by atoms with Crippen molar-refractivity contribution in [3.8, 4) is 6.07 Å². The zero-order chi connectivity index (χ0) is 15.4. The Balaban J connectivity index is 1.61. The quantitative estimate of drug-likeness (QED) is 0.945. The van der Waals surface area contributed by atoms with Crippen molar-refractivity contribution in [3.63, 3.8) is 0 Å². The molecule has 2 aromatic rings. The largest absolute Gasteiger partial charge is 0.388 e. The van der Waals surface area contributed by atoms with Crippen LogP contribution in [-0.2, 0) is 0 Å². The molecular weight excluding hydrogens is 274 g/mol. The molecular formula is C18H19N3O. The van der Waals surface area contributed by atoms with Crippen LogP contribution in [0, 0.1) is 17.2 Å². The van der Waals surface area contributed by atoms with Gasteiger partial charge in [0.2, 0.25) is 0 Å². The molecule has 3 rings (SSSR count). The smallest absolute Gasteiger partial charge is 0.128 e. The maximum Gasteiger partial charge on any atom is 0.128 e. The number of nitrogens with zero attached hydrogens (tertiary/aromatic N) is 3. The first kappa shape index (κ1) is 14.6. The fourth-order valence-electron chi connectivity index (χ4n) is 3.01. The summed E-state index contributed by atoms with van der Waals surface area (Å²) < 4.78 is 0. The third kappa shape index (κ3) is 3.10. The Morgan fingerprint density at radius 1 is 1.14 bits per heavy atom. The van der Waals surface area contributed by atoms with Crippen LogP contribution in [0.2, 0.25) is 0 Å². The van der Waals surface area contributed by atoms with Crippen molar-refractivity contribution in [1.82, 2.24) is 4.98 Å². The predicted octanol–water partition coefficient (Wildman–Crippen LogP) is 2.90. The average molecular weight is 293 g/mol. The van der Waals surface area contributed by atoms with Gasteiger partial charge in [-0.05, 0) is 36.5 Å². The van der Waals surface area contributed by atoms with Gasteiger partial charge in [-0.15, -0.1) is 0 Å². The second-order valence-corrected chi connectivity index (χ2v) is 5.70. The minimum atomic E-state index is -0.391. The Labute approximate surface area is 130 Å². The molecule has 4 heteroatoms. The second kappa shape index (κ2) is 6.59. The standard InChI is InChI=1S/C18H19N3O/c19-12-14-6-7-17(20-13-14)21-10-8-16(9-11-21)18(22)15-4-2-1-3-5-15/h1-7,13,16,18,22H,8-11H2. The number of aliphatic hydroxyl groups is 1. The minimum Gasteiger partial charge on any atom is -0.388 e. The lowest BCUT2D eigenvalue weighted by Crippen LogP contribution is -2.36. The van der Waals surface area contributed by atoms with Crippen LogP contribution in [0.4, 0.5) is 5.82 Å². The molecule has 0 spiro atoms. The topological polar surface area (TPSA) is 60.2 Å². The van der Waals surface area contributed by atoms with Gasteiger partial charge < -0.3 is 10.0 Å². The summed E-state index contributed by atoms with van der Waals surface area (Å²) >= 11 is 0. The summed E-state index contributed by atoms with van der Waals surface area (Å²) in [6.07, 6.45) is 3.10. The summed E-state index contributed by atoms with van der Waals surface area (Å²) in [6, 6.07) is 15.6. The summed E-state index contributed by atoms with van der Waals surface area (Å²) in [5.41, 5.74) is 1.58. The van der Waals surface area contributed by atoms with Crippen molar-refractivity contribution >= 4 is 5.82 Å². The number of anilines is 1. The highest BCUT2D eigenvalue weighted by Gasteiger charge is 2.26. The summed E-state index contributed by atoms with van der Waals surface area (Å²) in [5, 5.41) is 19.3. The van der Waals surface area contributed by atoms with Crippen molar-refractivity contribution in [2.24, 2.45) is 5.92 Å². The zero-order valence-corrected chi connectivity index (χ0v) is 12.4. The molecule has 2 heterocycles. The molecule has 1 unspecified atom stereocenters. The highest BCUT2D eigenvalue weighted by Crippen LogP contribution is 2.31. The van der Waals surface area contributed by atoms with E-state index in [2.05, 4.69) is 16.0 Å². The van der Waals surface area contributed by atoms with Gasteiger partial charge in [0.15, 0.2) is 0 Å². The molecule has 1 saturated heterocycles. The van der Waals surface area contributed by atoms with Crippen LogP contribution in [0.1, 0.15) is 30.1 Å². The molecule has 112 valence electrons. The van der Waals surface area contributed by atoms with E-state index >= 15 is 0 Å². The maximum absolute atomic E-state index is 10.5. The Morgan fingerprint density at radius 3 is 2.45 bits per heavy atom. The molecule has 22 heavy (non-hydrogen) atoms. The van der Waals surface area contributed by atoms with Crippen molar-refractivity contribution in [2.75, 3.05) is 18.0 Å². The van der Waals surface area contributed by atoms with Crippen LogP contribution in [0.5, 0.6) is 0 Å². The average Bonchev–Trinajstić information content (AvgIpc) is 2.62. The number of aliphatic hydroxyl groups excluding tert-OH is 1. The first-order chi connectivity index (χ1) is 10.8. The first-order valence-electron chi connectivity index (χ1n) is 7.62. The van der Waals surface area contributed by atoms with E-state index in [4.69, 9.17) is 5.26 Å². The van der Waals surface area contributed by atoms with Crippen molar-refractivity contribution in [1.29, 1.82) is 5.26 Å². The Kier molecular flexibility index (Phi) is 4.36. The van der Waals surface area contributed by atoms with Gasteiger partial charge >= 0.3 is 0 Å². The van der Waals surface area contributed by atoms with E-state index in [1.54, 1.807) is 12.3 Å². The van der Waals surface area contributed by atoms with E-state index in [-0.39, 0.29) is 5.92 Å². The number of rotatable bonds is 3. The summed E-state index contributed by atoms with van der Waals surface area (Å²) in [7, 11) is 0. The number of piperidine rings is 1. The minimum absolute atomic E-state index is 0.289. The van der Waals surface area contributed by atoms with E-state index < -0.39 is 6.10 Å². The molecule has 1 aliphatic heterocycles. The number of benzene rings is 1. The molecule has 0 saturated carbocycles.